The molecule has 19 heavy (non-hydrogen) atoms. The molecule has 0 unspecified atom stereocenters. The number of carbonyl (C=O) groups excluding carboxylic acids is 1. The first-order chi connectivity index (χ1) is 9.11. The third kappa shape index (κ3) is 2.85. The van der Waals surface area contributed by atoms with Gasteiger partial charge in [-0.2, -0.15) is 0 Å². The van der Waals surface area contributed by atoms with Crippen molar-refractivity contribution in [2.45, 2.75) is 6.92 Å². The van der Waals surface area contributed by atoms with Gasteiger partial charge >= 0.3 is 0 Å². The molecule has 0 aliphatic rings. The van der Waals surface area contributed by atoms with E-state index < -0.39 is 0 Å². The molecule has 0 aliphatic heterocycles. The van der Waals surface area contributed by atoms with E-state index in [2.05, 4.69) is 5.32 Å². The van der Waals surface area contributed by atoms with Gasteiger partial charge in [-0.25, -0.2) is 0 Å². The van der Waals surface area contributed by atoms with Crippen LogP contribution < -0.4 is 10.1 Å². The number of anilines is 1. The van der Waals surface area contributed by atoms with Crippen LogP contribution in [0, 0.1) is 6.92 Å². The number of phenols is 1. The van der Waals surface area contributed by atoms with E-state index in [0.717, 1.165) is 0 Å². The van der Waals surface area contributed by atoms with E-state index in [9.17, 15) is 9.90 Å². The highest BCUT2D eigenvalue weighted by Crippen LogP contribution is 2.22. The van der Waals surface area contributed by atoms with Crippen LogP contribution in [0.2, 0.25) is 0 Å². The number of carbonyl (C=O) groups is 1. The fraction of sp³-hybridized carbons (Fsp3) is 0.133. The Bertz CT molecular complexity index is 608. The van der Waals surface area contributed by atoms with Crippen molar-refractivity contribution in [1.29, 1.82) is 0 Å². The number of aryl methyl sites for hydroxylation is 1. The number of ether oxygens (including phenoxy) is 1. The van der Waals surface area contributed by atoms with E-state index in [0.29, 0.717) is 22.6 Å². The number of benzene rings is 2. The monoisotopic (exact) mass is 257 g/mol. The average Bonchev–Trinajstić information content (AvgIpc) is 2.43. The Morgan fingerprint density at radius 1 is 1.21 bits per heavy atom. The normalized spacial score (nSPS) is 10.0. The summed E-state index contributed by atoms with van der Waals surface area (Å²) in [6.45, 7) is 1.77. The average molecular weight is 257 g/mol. The second-order valence-electron chi connectivity index (χ2n) is 4.16. The molecule has 1 amide bonds. The van der Waals surface area contributed by atoms with Crippen LogP contribution in [-0.2, 0) is 0 Å². The molecule has 0 spiro atoms. The van der Waals surface area contributed by atoms with Gasteiger partial charge in [-0.15, -0.1) is 0 Å². The molecule has 2 aromatic carbocycles. The van der Waals surface area contributed by atoms with Crippen LogP contribution >= 0.6 is 0 Å². The van der Waals surface area contributed by atoms with Gasteiger partial charge in [-0.3, -0.25) is 4.79 Å². The maximum Gasteiger partial charge on any atom is 0.259 e. The van der Waals surface area contributed by atoms with Gasteiger partial charge in [-0.1, -0.05) is 12.1 Å². The summed E-state index contributed by atoms with van der Waals surface area (Å²) in [7, 11) is 1.52. The van der Waals surface area contributed by atoms with Crippen LogP contribution in [-0.4, -0.2) is 18.1 Å². The SMILES string of the molecule is COc1ccccc1C(=O)Nc1ccc(O)c(C)c1. The third-order valence-corrected chi connectivity index (χ3v) is 2.81. The molecular formula is C15H15NO3. The summed E-state index contributed by atoms with van der Waals surface area (Å²) in [5.74, 6) is 0.480. The molecule has 2 rings (SSSR count). The summed E-state index contributed by atoms with van der Waals surface area (Å²) in [5, 5.41) is 12.2. The Kier molecular flexibility index (Phi) is 3.71. The van der Waals surface area contributed by atoms with Gasteiger partial charge < -0.3 is 15.2 Å². The molecule has 0 aliphatic carbocycles. The van der Waals surface area contributed by atoms with E-state index in [1.807, 2.05) is 0 Å². The number of phenolic OH excluding ortho intramolecular Hbond substituents is 1. The molecule has 2 N–H and O–H groups in total. The number of nitrogens with one attached hydrogen (secondary N) is 1. The van der Waals surface area contributed by atoms with Crippen LogP contribution in [0.1, 0.15) is 15.9 Å². The maximum atomic E-state index is 12.1. The number of rotatable bonds is 3. The number of hydrogen-bond acceptors (Lipinski definition) is 3. The van der Waals surface area contributed by atoms with Crippen molar-refractivity contribution in [2.75, 3.05) is 12.4 Å². The van der Waals surface area contributed by atoms with Gasteiger partial charge in [-0.05, 0) is 42.8 Å². The minimum atomic E-state index is -0.248. The summed E-state index contributed by atoms with van der Waals surface area (Å²) in [5.41, 5.74) is 1.81. The van der Waals surface area contributed by atoms with Crippen LogP contribution in [0.3, 0.4) is 0 Å². The first-order valence-electron chi connectivity index (χ1n) is 5.86. The van der Waals surface area contributed by atoms with Gasteiger partial charge in [0.25, 0.3) is 5.91 Å². The second kappa shape index (κ2) is 5.44. The molecule has 0 fully saturated rings. The molecule has 0 saturated heterocycles. The Labute approximate surface area is 111 Å². The van der Waals surface area contributed by atoms with Crippen molar-refractivity contribution in [2.24, 2.45) is 0 Å². The molecule has 4 nitrogen and oxygen atoms in total. The predicted octanol–water partition coefficient (Wildman–Crippen LogP) is 2.96. The highest BCUT2D eigenvalue weighted by molar-refractivity contribution is 6.06. The molecule has 0 heterocycles. The van der Waals surface area contributed by atoms with E-state index in [1.54, 1.807) is 49.4 Å². The fourth-order valence-electron chi connectivity index (χ4n) is 1.76. The van der Waals surface area contributed by atoms with Crippen LogP contribution in [0.5, 0.6) is 11.5 Å². The Hall–Kier alpha value is -2.49. The highest BCUT2D eigenvalue weighted by Gasteiger charge is 2.11. The summed E-state index contributed by atoms with van der Waals surface area (Å²) >= 11 is 0. The molecule has 0 aromatic heterocycles. The lowest BCUT2D eigenvalue weighted by Gasteiger charge is -2.10. The zero-order chi connectivity index (χ0) is 13.8. The summed E-state index contributed by atoms with van der Waals surface area (Å²) < 4.78 is 5.15. The molecule has 98 valence electrons. The lowest BCUT2D eigenvalue weighted by atomic mass is 10.1. The molecule has 0 atom stereocenters. The number of hydrogen-bond donors (Lipinski definition) is 2. The summed E-state index contributed by atoms with van der Waals surface area (Å²) in [4.78, 5) is 12.1. The lowest BCUT2D eigenvalue weighted by molar-refractivity contribution is 0.102. The van der Waals surface area contributed by atoms with Crippen molar-refractivity contribution in [3.05, 3.63) is 53.6 Å². The predicted molar refractivity (Wildman–Crippen MR) is 73.8 cm³/mol. The first-order valence-corrected chi connectivity index (χ1v) is 5.86. The van der Waals surface area contributed by atoms with Crippen molar-refractivity contribution >= 4 is 11.6 Å². The van der Waals surface area contributed by atoms with Gasteiger partial charge in [0.05, 0.1) is 12.7 Å². The minimum Gasteiger partial charge on any atom is -0.508 e. The van der Waals surface area contributed by atoms with Crippen molar-refractivity contribution in [3.63, 3.8) is 0 Å². The van der Waals surface area contributed by atoms with Crippen molar-refractivity contribution in [1.82, 2.24) is 0 Å². The third-order valence-electron chi connectivity index (χ3n) is 2.81. The van der Waals surface area contributed by atoms with E-state index in [1.165, 1.54) is 7.11 Å². The van der Waals surface area contributed by atoms with Crippen LogP contribution in [0.25, 0.3) is 0 Å². The second-order valence-corrected chi connectivity index (χ2v) is 4.16. The molecular weight excluding hydrogens is 242 g/mol. The smallest absolute Gasteiger partial charge is 0.259 e. The molecule has 4 heteroatoms. The molecule has 2 aromatic rings. The number of amides is 1. The van der Waals surface area contributed by atoms with Gasteiger partial charge in [0, 0.05) is 5.69 Å². The molecule has 0 saturated carbocycles. The van der Waals surface area contributed by atoms with Gasteiger partial charge in [0.2, 0.25) is 0 Å². The number of methoxy groups -OCH3 is 1. The fourth-order valence-corrected chi connectivity index (χ4v) is 1.76. The van der Waals surface area contributed by atoms with Gasteiger partial charge in [0.1, 0.15) is 11.5 Å². The van der Waals surface area contributed by atoms with E-state index in [-0.39, 0.29) is 11.7 Å². The highest BCUT2D eigenvalue weighted by atomic mass is 16.5. The number of aromatic hydroxyl groups is 1. The standard InChI is InChI=1S/C15H15NO3/c1-10-9-11(7-8-13(10)17)16-15(18)12-5-3-4-6-14(12)19-2/h3-9,17H,1-2H3,(H,16,18). The Morgan fingerprint density at radius 3 is 2.63 bits per heavy atom. The van der Waals surface area contributed by atoms with Crippen molar-refractivity contribution in [3.8, 4) is 11.5 Å². The molecule has 0 bridgehead atoms. The Morgan fingerprint density at radius 2 is 1.95 bits per heavy atom. The summed E-state index contributed by atoms with van der Waals surface area (Å²) in [6, 6.07) is 11.9. The Balaban J connectivity index is 2.23. The zero-order valence-corrected chi connectivity index (χ0v) is 10.8. The summed E-state index contributed by atoms with van der Waals surface area (Å²) in [6.07, 6.45) is 0. The minimum absolute atomic E-state index is 0.204. The van der Waals surface area contributed by atoms with E-state index in [4.69, 9.17) is 4.74 Å². The van der Waals surface area contributed by atoms with Crippen molar-refractivity contribution < 1.29 is 14.6 Å². The lowest BCUT2D eigenvalue weighted by Crippen LogP contribution is -2.13. The zero-order valence-electron chi connectivity index (χ0n) is 10.8. The quantitative estimate of drug-likeness (QED) is 0.831. The van der Waals surface area contributed by atoms with E-state index >= 15 is 0 Å². The maximum absolute atomic E-state index is 12.1. The topological polar surface area (TPSA) is 58.6 Å². The van der Waals surface area contributed by atoms with Crippen LogP contribution in [0.4, 0.5) is 5.69 Å². The molecule has 0 radical (unpaired) electrons. The van der Waals surface area contributed by atoms with Gasteiger partial charge in [0.15, 0.2) is 0 Å². The number of para-hydroxylation sites is 1. The van der Waals surface area contributed by atoms with Crippen LogP contribution in [0.15, 0.2) is 42.5 Å². The first kappa shape index (κ1) is 13.0. The largest absolute Gasteiger partial charge is 0.508 e.